The highest BCUT2D eigenvalue weighted by molar-refractivity contribution is 5.43. The summed E-state index contributed by atoms with van der Waals surface area (Å²) >= 11 is 0. The average molecular weight is 190 g/mol. The van der Waals surface area contributed by atoms with Gasteiger partial charge in [0, 0.05) is 6.07 Å². The number of nitrogens with one attached hydrogen (secondary N) is 1. The van der Waals surface area contributed by atoms with Crippen molar-refractivity contribution in [2.24, 2.45) is 0 Å². The van der Waals surface area contributed by atoms with Crippen LogP contribution in [0.2, 0.25) is 0 Å². The molecule has 0 aromatic carbocycles. The normalized spacial score (nSPS) is 10.0. The van der Waals surface area contributed by atoms with Gasteiger partial charge in [-0.15, -0.1) is 0 Å². The van der Waals surface area contributed by atoms with Gasteiger partial charge in [-0.05, 0) is 12.1 Å². The zero-order valence-corrected chi connectivity index (χ0v) is 7.47. The number of pyridine rings is 1. The lowest BCUT2D eigenvalue weighted by molar-refractivity contribution is 0.412. The number of rotatable bonds is 3. The lowest BCUT2D eigenvalue weighted by Gasteiger charge is -2.02. The molecule has 2 aromatic rings. The van der Waals surface area contributed by atoms with Gasteiger partial charge < -0.3 is 15.6 Å². The van der Waals surface area contributed by atoms with E-state index in [2.05, 4.69) is 15.5 Å². The van der Waals surface area contributed by atoms with Crippen LogP contribution in [0.5, 0.6) is 0 Å². The summed E-state index contributed by atoms with van der Waals surface area (Å²) in [7, 11) is 0. The quantitative estimate of drug-likeness (QED) is 0.762. The monoisotopic (exact) mass is 190 g/mol. The molecule has 2 aromatic heterocycles. The molecular weight excluding hydrogens is 180 g/mol. The fraction of sp³-hybridized carbons (Fsp3) is 0.111. The molecule has 0 spiro atoms. The van der Waals surface area contributed by atoms with E-state index in [0.717, 1.165) is 11.5 Å². The Morgan fingerprint density at radius 1 is 1.36 bits per heavy atom. The molecule has 0 atom stereocenters. The fourth-order valence-electron chi connectivity index (χ4n) is 1.02. The molecule has 2 heterocycles. The highest BCUT2D eigenvalue weighted by Crippen LogP contribution is 2.07. The Labute approximate surface area is 80.9 Å². The molecule has 0 saturated carbocycles. The first-order valence-electron chi connectivity index (χ1n) is 4.19. The van der Waals surface area contributed by atoms with Crippen LogP contribution in [-0.4, -0.2) is 10.1 Å². The molecule has 0 radical (unpaired) electrons. The summed E-state index contributed by atoms with van der Waals surface area (Å²) in [5.41, 5.74) is 6.99. The molecule has 0 amide bonds. The highest BCUT2D eigenvalue weighted by atomic mass is 16.5. The predicted octanol–water partition coefficient (Wildman–Crippen LogP) is 1.26. The summed E-state index contributed by atoms with van der Waals surface area (Å²) in [6, 6.07) is 5.40. The minimum atomic E-state index is 0.591. The van der Waals surface area contributed by atoms with Crippen molar-refractivity contribution in [2.45, 2.75) is 6.54 Å². The van der Waals surface area contributed by atoms with E-state index in [9.17, 15) is 0 Å². The van der Waals surface area contributed by atoms with Crippen molar-refractivity contribution in [3.63, 3.8) is 0 Å². The van der Waals surface area contributed by atoms with Crippen molar-refractivity contribution < 1.29 is 4.52 Å². The van der Waals surface area contributed by atoms with Gasteiger partial charge in [0.2, 0.25) is 0 Å². The third kappa shape index (κ3) is 2.01. The molecule has 3 N–H and O–H groups in total. The van der Waals surface area contributed by atoms with Crippen LogP contribution in [0, 0.1) is 0 Å². The Balaban J connectivity index is 1.95. The number of hydrogen-bond acceptors (Lipinski definition) is 5. The first kappa shape index (κ1) is 8.55. The van der Waals surface area contributed by atoms with Crippen molar-refractivity contribution in [3.8, 4) is 0 Å². The predicted molar refractivity (Wildman–Crippen MR) is 52.5 cm³/mol. The van der Waals surface area contributed by atoms with Gasteiger partial charge in [-0.1, -0.05) is 5.16 Å². The third-order valence-corrected chi connectivity index (χ3v) is 1.73. The van der Waals surface area contributed by atoms with Crippen molar-refractivity contribution in [2.75, 3.05) is 11.1 Å². The smallest absolute Gasteiger partial charge is 0.126 e. The van der Waals surface area contributed by atoms with Crippen LogP contribution in [-0.2, 0) is 6.54 Å². The first-order valence-corrected chi connectivity index (χ1v) is 4.19. The highest BCUT2D eigenvalue weighted by Gasteiger charge is 1.96. The minimum absolute atomic E-state index is 0.591. The molecular formula is C9H10N4O. The topological polar surface area (TPSA) is 77.0 Å². The number of nitrogens with zero attached hydrogens (tertiary/aromatic N) is 2. The van der Waals surface area contributed by atoms with Gasteiger partial charge in [-0.25, -0.2) is 4.98 Å². The standard InChI is InChI=1S/C9H10N4O/c10-7-1-2-9(11-5-7)12-6-8-3-4-14-13-8/h1-5H,6,10H2,(H,11,12). The Morgan fingerprint density at radius 2 is 2.29 bits per heavy atom. The minimum Gasteiger partial charge on any atom is -0.397 e. The molecule has 0 fully saturated rings. The van der Waals surface area contributed by atoms with Gasteiger partial charge in [0.25, 0.3) is 0 Å². The number of aromatic nitrogens is 2. The summed E-state index contributed by atoms with van der Waals surface area (Å²) < 4.78 is 4.69. The van der Waals surface area contributed by atoms with Crippen LogP contribution in [0.3, 0.4) is 0 Å². The van der Waals surface area contributed by atoms with E-state index in [0.29, 0.717) is 12.2 Å². The molecule has 0 saturated heterocycles. The number of nitrogens with two attached hydrogens (primary N) is 1. The van der Waals surface area contributed by atoms with Crippen LogP contribution in [0.15, 0.2) is 35.2 Å². The number of nitrogen functional groups attached to an aromatic ring is 1. The second kappa shape index (κ2) is 3.78. The largest absolute Gasteiger partial charge is 0.397 e. The SMILES string of the molecule is Nc1ccc(NCc2ccon2)nc1. The van der Waals surface area contributed by atoms with Crippen LogP contribution in [0.25, 0.3) is 0 Å². The van der Waals surface area contributed by atoms with Gasteiger partial charge in [0.15, 0.2) is 0 Å². The maximum absolute atomic E-state index is 5.50. The molecule has 0 aliphatic heterocycles. The Kier molecular flexibility index (Phi) is 2.31. The van der Waals surface area contributed by atoms with Gasteiger partial charge in [0.05, 0.1) is 18.4 Å². The summed E-state index contributed by atoms with van der Waals surface area (Å²) in [6.45, 7) is 0.591. The lowest BCUT2D eigenvalue weighted by Crippen LogP contribution is -2.01. The Hall–Kier alpha value is -2.04. The number of anilines is 2. The first-order chi connectivity index (χ1) is 6.84. The summed E-state index contributed by atoms with van der Waals surface area (Å²) in [5, 5.41) is 6.84. The molecule has 2 rings (SSSR count). The van der Waals surface area contributed by atoms with Gasteiger partial charge in [0.1, 0.15) is 17.8 Å². The van der Waals surface area contributed by atoms with Crippen molar-refractivity contribution in [1.82, 2.24) is 10.1 Å². The van der Waals surface area contributed by atoms with E-state index < -0.39 is 0 Å². The van der Waals surface area contributed by atoms with Gasteiger partial charge >= 0.3 is 0 Å². The molecule has 0 aliphatic carbocycles. The molecule has 72 valence electrons. The maximum Gasteiger partial charge on any atom is 0.126 e. The third-order valence-electron chi connectivity index (χ3n) is 1.73. The maximum atomic E-state index is 5.50. The summed E-state index contributed by atoms with van der Waals surface area (Å²) in [4.78, 5) is 4.08. The van der Waals surface area contributed by atoms with E-state index in [1.54, 1.807) is 18.3 Å². The zero-order chi connectivity index (χ0) is 9.80. The average Bonchev–Trinajstić information content (AvgIpc) is 2.70. The summed E-state index contributed by atoms with van der Waals surface area (Å²) in [5.74, 6) is 0.766. The van der Waals surface area contributed by atoms with Crippen LogP contribution in [0.1, 0.15) is 5.69 Å². The van der Waals surface area contributed by atoms with Crippen molar-refractivity contribution in [1.29, 1.82) is 0 Å². The molecule has 0 bridgehead atoms. The fourth-order valence-corrected chi connectivity index (χ4v) is 1.02. The van der Waals surface area contributed by atoms with Crippen LogP contribution in [0.4, 0.5) is 11.5 Å². The van der Waals surface area contributed by atoms with Gasteiger partial charge in [-0.2, -0.15) is 0 Å². The van der Waals surface area contributed by atoms with E-state index in [1.807, 2.05) is 6.07 Å². The van der Waals surface area contributed by atoms with Crippen LogP contribution < -0.4 is 11.1 Å². The second-order valence-corrected chi connectivity index (χ2v) is 2.82. The zero-order valence-electron chi connectivity index (χ0n) is 7.47. The number of hydrogen-bond donors (Lipinski definition) is 2. The van der Waals surface area contributed by atoms with E-state index in [4.69, 9.17) is 10.3 Å². The van der Waals surface area contributed by atoms with E-state index in [1.165, 1.54) is 6.26 Å². The van der Waals surface area contributed by atoms with Gasteiger partial charge in [-0.3, -0.25) is 0 Å². The molecule has 14 heavy (non-hydrogen) atoms. The summed E-state index contributed by atoms with van der Waals surface area (Å²) in [6.07, 6.45) is 3.14. The Morgan fingerprint density at radius 3 is 2.93 bits per heavy atom. The van der Waals surface area contributed by atoms with Crippen molar-refractivity contribution >= 4 is 11.5 Å². The molecule has 5 heteroatoms. The molecule has 0 unspecified atom stereocenters. The van der Waals surface area contributed by atoms with E-state index >= 15 is 0 Å². The second-order valence-electron chi connectivity index (χ2n) is 2.82. The molecule has 5 nitrogen and oxygen atoms in total. The lowest BCUT2D eigenvalue weighted by atomic mass is 10.4. The van der Waals surface area contributed by atoms with Crippen LogP contribution >= 0.6 is 0 Å². The molecule has 0 aliphatic rings. The van der Waals surface area contributed by atoms with E-state index in [-0.39, 0.29) is 0 Å². The van der Waals surface area contributed by atoms with Crippen molar-refractivity contribution in [3.05, 3.63) is 36.4 Å². The Bertz CT molecular complexity index is 382.